The summed E-state index contributed by atoms with van der Waals surface area (Å²) >= 11 is 1.88. The predicted molar refractivity (Wildman–Crippen MR) is 87.2 cm³/mol. The normalized spacial score (nSPS) is 30.4. The molecule has 0 bridgehead atoms. The number of rotatable bonds is 5. The van der Waals surface area contributed by atoms with Crippen LogP contribution in [-0.2, 0) is 6.54 Å². The monoisotopic (exact) mass is 292 g/mol. The van der Waals surface area contributed by atoms with Gasteiger partial charge in [0.15, 0.2) is 0 Å². The lowest BCUT2D eigenvalue weighted by molar-refractivity contribution is 0.144. The minimum absolute atomic E-state index is 0.717. The zero-order valence-corrected chi connectivity index (χ0v) is 13.5. The van der Waals surface area contributed by atoms with Crippen LogP contribution < -0.4 is 5.32 Å². The van der Waals surface area contributed by atoms with Crippen molar-refractivity contribution in [2.45, 2.75) is 64.1 Å². The number of nitrogens with zero attached hydrogens (tertiary/aromatic N) is 1. The van der Waals surface area contributed by atoms with Crippen LogP contribution >= 0.6 is 11.3 Å². The van der Waals surface area contributed by atoms with Gasteiger partial charge in [-0.2, -0.15) is 0 Å². The molecule has 3 atom stereocenters. The molecule has 1 saturated carbocycles. The molecule has 1 aliphatic carbocycles. The molecule has 1 aromatic rings. The van der Waals surface area contributed by atoms with E-state index in [0.717, 1.165) is 25.0 Å². The highest BCUT2D eigenvalue weighted by atomic mass is 32.1. The van der Waals surface area contributed by atoms with Crippen LogP contribution in [-0.4, -0.2) is 30.1 Å². The maximum absolute atomic E-state index is 3.96. The maximum Gasteiger partial charge on any atom is 0.0328 e. The van der Waals surface area contributed by atoms with Gasteiger partial charge in [0.05, 0.1) is 0 Å². The SMILES string of the molecule is CCN(Cc1cccs1)CC1CCC2CCCCC2N1. The molecule has 2 fully saturated rings. The van der Waals surface area contributed by atoms with Crippen LogP contribution in [0.3, 0.4) is 0 Å². The molecule has 1 aromatic heterocycles. The van der Waals surface area contributed by atoms with E-state index >= 15 is 0 Å². The lowest BCUT2D eigenvalue weighted by Crippen LogP contribution is -2.52. The number of hydrogen-bond acceptors (Lipinski definition) is 3. The molecule has 3 unspecified atom stereocenters. The first-order valence-electron chi connectivity index (χ1n) is 8.36. The van der Waals surface area contributed by atoms with Gasteiger partial charge in [-0.15, -0.1) is 11.3 Å². The van der Waals surface area contributed by atoms with Crippen molar-refractivity contribution in [3.05, 3.63) is 22.4 Å². The van der Waals surface area contributed by atoms with E-state index in [-0.39, 0.29) is 0 Å². The fourth-order valence-electron chi connectivity index (χ4n) is 3.96. The number of fused-ring (bicyclic) bond motifs is 1. The highest BCUT2D eigenvalue weighted by Gasteiger charge is 2.31. The zero-order valence-electron chi connectivity index (χ0n) is 12.7. The first-order valence-corrected chi connectivity index (χ1v) is 9.24. The van der Waals surface area contributed by atoms with Crippen molar-refractivity contribution < 1.29 is 0 Å². The van der Waals surface area contributed by atoms with Crippen LogP contribution in [0.25, 0.3) is 0 Å². The average Bonchev–Trinajstić information content (AvgIpc) is 2.99. The molecular weight excluding hydrogens is 264 g/mol. The molecular formula is C17H28N2S. The van der Waals surface area contributed by atoms with E-state index in [2.05, 4.69) is 34.7 Å². The summed E-state index contributed by atoms with van der Waals surface area (Å²) in [5, 5.41) is 6.15. The second-order valence-corrected chi connectivity index (χ2v) is 7.53. The molecule has 2 nitrogen and oxygen atoms in total. The van der Waals surface area contributed by atoms with E-state index < -0.39 is 0 Å². The molecule has 20 heavy (non-hydrogen) atoms. The summed E-state index contributed by atoms with van der Waals surface area (Å²) in [6, 6.07) is 5.97. The number of hydrogen-bond donors (Lipinski definition) is 1. The van der Waals surface area contributed by atoms with Gasteiger partial charge in [0, 0.05) is 30.1 Å². The van der Waals surface area contributed by atoms with E-state index in [1.165, 1.54) is 49.9 Å². The molecule has 3 heteroatoms. The molecule has 1 aliphatic heterocycles. The van der Waals surface area contributed by atoms with Crippen LogP contribution in [0.2, 0.25) is 0 Å². The quantitative estimate of drug-likeness (QED) is 0.886. The Morgan fingerprint density at radius 1 is 1.25 bits per heavy atom. The van der Waals surface area contributed by atoms with Crippen molar-refractivity contribution in [2.75, 3.05) is 13.1 Å². The third-order valence-corrected chi connectivity index (χ3v) is 5.99. The fourth-order valence-corrected chi connectivity index (χ4v) is 4.70. The lowest BCUT2D eigenvalue weighted by atomic mass is 9.78. The van der Waals surface area contributed by atoms with Gasteiger partial charge in [0.1, 0.15) is 0 Å². The number of piperidine rings is 1. The van der Waals surface area contributed by atoms with Crippen LogP contribution in [0.1, 0.15) is 50.3 Å². The Kier molecular flexibility index (Phi) is 5.14. The number of nitrogens with one attached hydrogen (secondary N) is 1. The second kappa shape index (κ2) is 7.06. The topological polar surface area (TPSA) is 15.3 Å². The lowest BCUT2D eigenvalue weighted by Gasteiger charge is -2.41. The van der Waals surface area contributed by atoms with Crippen molar-refractivity contribution in [1.82, 2.24) is 10.2 Å². The largest absolute Gasteiger partial charge is 0.310 e. The third kappa shape index (κ3) is 3.63. The van der Waals surface area contributed by atoms with Crippen LogP contribution in [0.5, 0.6) is 0 Å². The minimum Gasteiger partial charge on any atom is -0.310 e. The Balaban J connectivity index is 1.51. The van der Waals surface area contributed by atoms with Gasteiger partial charge < -0.3 is 5.32 Å². The first-order chi connectivity index (χ1) is 9.85. The van der Waals surface area contributed by atoms with E-state index in [1.807, 2.05) is 11.3 Å². The molecule has 0 radical (unpaired) electrons. The fraction of sp³-hybridized carbons (Fsp3) is 0.765. The van der Waals surface area contributed by atoms with Gasteiger partial charge in [-0.1, -0.05) is 25.8 Å². The molecule has 3 rings (SSSR count). The summed E-state index contributed by atoms with van der Waals surface area (Å²) in [7, 11) is 0. The molecule has 0 aromatic carbocycles. The summed E-state index contributed by atoms with van der Waals surface area (Å²) < 4.78 is 0. The van der Waals surface area contributed by atoms with Gasteiger partial charge in [0.25, 0.3) is 0 Å². The van der Waals surface area contributed by atoms with Crippen molar-refractivity contribution in [3.8, 4) is 0 Å². The molecule has 1 saturated heterocycles. The van der Waals surface area contributed by atoms with Crippen LogP contribution in [0.4, 0.5) is 0 Å². The third-order valence-electron chi connectivity index (χ3n) is 5.13. The van der Waals surface area contributed by atoms with Crippen molar-refractivity contribution >= 4 is 11.3 Å². The van der Waals surface area contributed by atoms with Gasteiger partial charge in [-0.25, -0.2) is 0 Å². The number of likely N-dealkylation sites (N-methyl/N-ethyl adjacent to an activating group) is 1. The van der Waals surface area contributed by atoms with Crippen LogP contribution in [0.15, 0.2) is 17.5 Å². The summed E-state index contributed by atoms with van der Waals surface area (Å²) in [5.41, 5.74) is 0. The molecule has 1 N–H and O–H groups in total. The highest BCUT2D eigenvalue weighted by molar-refractivity contribution is 7.09. The Hall–Kier alpha value is -0.380. The van der Waals surface area contributed by atoms with Gasteiger partial charge in [0.2, 0.25) is 0 Å². The first kappa shape index (κ1) is 14.6. The minimum atomic E-state index is 0.717. The van der Waals surface area contributed by atoms with Gasteiger partial charge in [-0.3, -0.25) is 4.90 Å². The van der Waals surface area contributed by atoms with E-state index in [1.54, 1.807) is 0 Å². The molecule has 2 aliphatic rings. The van der Waals surface area contributed by atoms with Crippen molar-refractivity contribution in [1.29, 1.82) is 0 Å². The zero-order chi connectivity index (χ0) is 13.8. The predicted octanol–water partition coefficient (Wildman–Crippen LogP) is 3.88. The Bertz CT molecular complexity index is 390. The van der Waals surface area contributed by atoms with Crippen LogP contribution in [0, 0.1) is 5.92 Å². The number of thiophene rings is 1. The van der Waals surface area contributed by atoms with E-state index in [4.69, 9.17) is 0 Å². The Morgan fingerprint density at radius 2 is 2.15 bits per heavy atom. The maximum atomic E-state index is 3.96. The second-order valence-electron chi connectivity index (χ2n) is 6.50. The average molecular weight is 292 g/mol. The van der Waals surface area contributed by atoms with Crippen molar-refractivity contribution in [2.24, 2.45) is 5.92 Å². The molecule has 112 valence electrons. The molecule has 2 heterocycles. The van der Waals surface area contributed by atoms with Gasteiger partial charge >= 0.3 is 0 Å². The summed E-state index contributed by atoms with van der Waals surface area (Å²) in [4.78, 5) is 4.10. The Morgan fingerprint density at radius 3 is 2.95 bits per heavy atom. The standard InChI is InChI=1S/C17H28N2S/c1-2-19(13-16-7-5-11-20-16)12-15-10-9-14-6-3-4-8-17(14)18-15/h5,7,11,14-15,17-18H,2-4,6,8-10,12-13H2,1H3. The summed E-state index contributed by atoms with van der Waals surface area (Å²) in [6.45, 7) is 5.79. The smallest absolute Gasteiger partial charge is 0.0328 e. The van der Waals surface area contributed by atoms with Gasteiger partial charge in [-0.05, 0) is 49.6 Å². The Labute approximate surface area is 127 Å². The summed E-state index contributed by atoms with van der Waals surface area (Å²) in [5.74, 6) is 0.979. The van der Waals surface area contributed by atoms with Crippen molar-refractivity contribution in [3.63, 3.8) is 0 Å². The summed E-state index contributed by atoms with van der Waals surface area (Å²) in [6.07, 6.45) is 8.62. The van der Waals surface area contributed by atoms with E-state index in [0.29, 0.717) is 6.04 Å². The highest BCUT2D eigenvalue weighted by Crippen LogP contribution is 2.32. The molecule has 0 amide bonds. The molecule has 0 spiro atoms. The van der Waals surface area contributed by atoms with E-state index in [9.17, 15) is 0 Å².